The van der Waals surface area contributed by atoms with Gasteiger partial charge in [0.15, 0.2) is 0 Å². The van der Waals surface area contributed by atoms with Gasteiger partial charge in [-0.25, -0.2) is 9.67 Å². The molecule has 0 spiro atoms. The molecule has 2 heterocycles. The van der Waals surface area contributed by atoms with Crippen molar-refractivity contribution >= 4 is 11.8 Å². The molecule has 7 nitrogen and oxygen atoms in total. The summed E-state index contributed by atoms with van der Waals surface area (Å²) in [6.45, 7) is 3.99. The molecule has 0 aliphatic carbocycles. The summed E-state index contributed by atoms with van der Waals surface area (Å²) in [5.74, 6) is 0.768. The third-order valence-electron chi connectivity index (χ3n) is 5.57. The molecule has 1 aromatic carbocycles. The second kappa shape index (κ2) is 9.48. The van der Waals surface area contributed by atoms with Gasteiger partial charge in [-0.3, -0.25) is 9.59 Å². The number of nitrogens with zero attached hydrogens (tertiary/aromatic N) is 5. The monoisotopic (exact) mass is 383 g/mol. The van der Waals surface area contributed by atoms with Crippen LogP contribution in [0.2, 0.25) is 0 Å². The van der Waals surface area contributed by atoms with E-state index in [-0.39, 0.29) is 17.9 Å². The van der Waals surface area contributed by atoms with Crippen LogP contribution in [0.3, 0.4) is 0 Å². The highest BCUT2D eigenvalue weighted by Gasteiger charge is 2.27. The lowest BCUT2D eigenvalue weighted by Gasteiger charge is -2.33. The molecule has 2 amide bonds. The Morgan fingerprint density at radius 1 is 1.21 bits per heavy atom. The molecule has 1 aliphatic rings. The van der Waals surface area contributed by atoms with Crippen molar-refractivity contribution in [3.8, 4) is 0 Å². The second-order valence-electron chi connectivity index (χ2n) is 7.59. The van der Waals surface area contributed by atoms with E-state index in [0.29, 0.717) is 18.9 Å². The average Bonchev–Trinajstić information content (AvgIpc) is 3.27. The van der Waals surface area contributed by atoms with E-state index >= 15 is 0 Å². The standard InChI is InChI=1S/C21H29N5O2/c1-17(26-16-22-15-23-26)21(28)25-12-10-18(11-13-25)8-9-20(27)24(2)14-19-6-4-3-5-7-19/h3-7,15-18H,8-14H2,1-2H3/t17-/m0/s1. The van der Waals surface area contributed by atoms with Crippen LogP contribution >= 0.6 is 0 Å². The van der Waals surface area contributed by atoms with Crippen molar-refractivity contribution in [3.63, 3.8) is 0 Å². The zero-order valence-electron chi connectivity index (χ0n) is 16.7. The lowest BCUT2D eigenvalue weighted by atomic mass is 9.91. The number of hydrogen-bond acceptors (Lipinski definition) is 4. The molecule has 1 aromatic heterocycles. The van der Waals surface area contributed by atoms with E-state index in [9.17, 15) is 9.59 Å². The fraction of sp³-hybridized carbons (Fsp3) is 0.524. The molecule has 1 aliphatic heterocycles. The minimum atomic E-state index is -0.327. The number of piperidine rings is 1. The Morgan fingerprint density at radius 2 is 1.93 bits per heavy atom. The summed E-state index contributed by atoms with van der Waals surface area (Å²) in [6, 6.07) is 9.72. The number of aromatic nitrogens is 3. The van der Waals surface area contributed by atoms with Gasteiger partial charge in [-0.05, 0) is 37.7 Å². The van der Waals surface area contributed by atoms with Crippen LogP contribution in [0.25, 0.3) is 0 Å². The molecule has 0 N–H and O–H groups in total. The Bertz CT molecular complexity index is 754. The molecule has 7 heteroatoms. The molecular formula is C21H29N5O2. The fourth-order valence-corrected chi connectivity index (χ4v) is 3.70. The Kier molecular flexibility index (Phi) is 6.79. The lowest BCUT2D eigenvalue weighted by Crippen LogP contribution is -2.42. The first-order valence-corrected chi connectivity index (χ1v) is 9.95. The Labute approximate surface area is 166 Å². The van der Waals surface area contributed by atoms with E-state index in [1.54, 1.807) is 15.9 Å². The predicted octanol–water partition coefficient (Wildman–Crippen LogP) is 2.52. The van der Waals surface area contributed by atoms with Crippen LogP contribution in [-0.2, 0) is 16.1 Å². The van der Waals surface area contributed by atoms with Gasteiger partial charge in [-0.15, -0.1) is 0 Å². The van der Waals surface area contributed by atoms with Crippen LogP contribution in [0.4, 0.5) is 0 Å². The van der Waals surface area contributed by atoms with E-state index in [2.05, 4.69) is 10.1 Å². The maximum Gasteiger partial charge on any atom is 0.247 e. The van der Waals surface area contributed by atoms with Crippen molar-refractivity contribution in [2.75, 3.05) is 20.1 Å². The minimum Gasteiger partial charge on any atom is -0.341 e. The van der Waals surface area contributed by atoms with Gasteiger partial charge in [0.1, 0.15) is 18.7 Å². The predicted molar refractivity (Wildman–Crippen MR) is 106 cm³/mol. The maximum absolute atomic E-state index is 12.6. The van der Waals surface area contributed by atoms with Gasteiger partial charge >= 0.3 is 0 Å². The topological polar surface area (TPSA) is 71.3 Å². The summed E-state index contributed by atoms with van der Waals surface area (Å²) >= 11 is 0. The van der Waals surface area contributed by atoms with E-state index in [1.807, 2.05) is 49.2 Å². The van der Waals surface area contributed by atoms with Crippen LogP contribution in [-0.4, -0.2) is 56.5 Å². The molecule has 150 valence electrons. The Morgan fingerprint density at radius 3 is 2.57 bits per heavy atom. The molecule has 28 heavy (non-hydrogen) atoms. The highest BCUT2D eigenvalue weighted by Crippen LogP contribution is 2.24. The summed E-state index contributed by atoms with van der Waals surface area (Å²) in [5, 5.41) is 4.06. The van der Waals surface area contributed by atoms with Crippen LogP contribution in [0.15, 0.2) is 43.0 Å². The van der Waals surface area contributed by atoms with E-state index < -0.39 is 0 Å². The molecule has 0 unspecified atom stereocenters. The van der Waals surface area contributed by atoms with Gasteiger partial charge in [-0.2, -0.15) is 5.10 Å². The van der Waals surface area contributed by atoms with Gasteiger partial charge in [0.2, 0.25) is 11.8 Å². The summed E-state index contributed by atoms with van der Waals surface area (Å²) in [7, 11) is 1.86. The van der Waals surface area contributed by atoms with Crippen molar-refractivity contribution in [2.45, 2.75) is 45.2 Å². The maximum atomic E-state index is 12.6. The van der Waals surface area contributed by atoms with Gasteiger partial charge < -0.3 is 9.80 Å². The molecule has 0 saturated carbocycles. The highest BCUT2D eigenvalue weighted by atomic mass is 16.2. The van der Waals surface area contributed by atoms with Gasteiger partial charge in [0, 0.05) is 33.1 Å². The largest absolute Gasteiger partial charge is 0.341 e. The molecule has 1 atom stereocenters. The molecule has 1 fully saturated rings. The van der Waals surface area contributed by atoms with Gasteiger partial charge in [0.25, 0.3) is 0 Å². The number of carbonyl (C=O) groups excluding carboxylic acids is 2. The number of hydrogen-bond donors (Lipinski definition) is 0. The first-order chi connectivity index (χ1) is 13.5. The molecule has 3 rings (SSSR count). The minimum absolute atomic E-state index is 0.0858. The smallest absolute Gasteiger partial charge is 0.247 e. The first-order valence-electron chi connectivity index (χ1n) is 9.95. The van der Waals surface area contributed by atoms with E-state index in [1.165, 1.54) is 6.33 Å². The second-order valence-corrected chi connectivity index (χ2v) is 7.59. The van der Waals surface area contributed by atoms with E-state index in [0.717, 1.165) is 37.9 Å². The zero-order chi connectivity index (χ0) is 19.9. The van der Waals surface area contributed by atoms with Crippen LogP contribution in [0.5, 0.6) is 0 Å². The number of benzene rings is 1. The van der Waals surface area contributed by atoms with Crippen molar-refractivity contribution in [1.29, 1.82) is 0 Å². The van der Waals surface area contributed by atoms with E-state index in [4.69, 9.17) is 0 Å². The number of carbonyl (C=O) groups is 2. The van der Waals surface area contributed by atoms with Gasteiger partial charge in [-0.1, -0.05) is 30.3 Å². The number of likely N-dealkylation sites (tertiary alicyclic amines) is 1. The number of rotatable bonds is 7. The third-order valence-corrected chi connectivity index (χ3v) is 5.57. The molecule has 2 aromatic rings. The lowest BCUT2D eigenvalue weighted by molar-refractivity contribution is -0.136. The molecular weight excluding hydrogens is 354 g/mol. The summed E-state index contributed by atoms with van der Waals surface area (Å²) < 4.78 is 1.59. The van der Waals surface area contributed by atoms with Crippen LogP contribution < -0.4 is 0 Å². The van der Waals surface area contributed by atoms with Crippen LogP contribution in [0, 0.1) is 5.92 Å². The van der Waals surface area contributed by atoms with Crippen molar-refractivity contribution in [3.05, 3.63) is 48.5 Å². The normalized spacial score (nSPS) is 16.0. The Balaban J connectivity index is 1.39. The van der Waals surface area contributed by atoms with Crippen molar-refractivity contribution in [1.82, 2.24) is 24.6 Å². The van der Waals surface area contributed by atoms with Crippen molar-refractivity contribution in [2.24, 2.45) is 5.92 Å². The fourth-order valence-electron chi connectivity index (χ4n) is 3.70. The summed E-state index contributed by atoms with van der Waals surface area (Å²) in [4.78, 5) is 32.7. The first kappa shape index (κ1) is 20.0. The quantitative estimate of drug-likeness (QED) is 0.737. The third kappa shape index (κ3) is 5.18. The molecule has 0 bridgehead atoms. The van der Waals surface area contributed by atoms with Crippen molar-refractivity contribution < 1.29 is 9.59 Å². The summed E-state index contributed by atoms with van der Waals surface area (Å²) in [6.07, 6.45) is 6.38. The average molecular weight is 383 g/mol. The molecule has 1 saturated heterocycles. The Hall–Kier alpha value is -2.70. The highest BCUT2D eigenvalue weighted by molar-refractivity contribution is 5.80. The van der Waals surface area contributed by atoms with Gasteiger partial charge in [0.05, 0.1) is 0 Å². The zero-order valence-corrected chi connectivity index (χ0v) is 16.7. The number of amides is 2. The summed E-state index contributed by atoms with van der Waals surface area (Å²) in [5.41, 5.74) is 1.15. The van der Waals surface area contributed by atoms with Crippen LogP contribution in [0.1, 0.15) is 44.2 Å². The SMILES string of the molecule is C[C@@H](C(=O)N1CCC(CCC(=O)N(C)Cc2ccccc2)CC1)n1cncn1. The molecule has 0 radical (unpaired) electrons.